The Morgan fingerprint density at radius 3 is 2.93 bits per heavy atom. The maximum absolute atomic E-state index is 12.0. The van der Waals surface area contributed by atoms with E-state index < -0.39 is 0 Å². The van der Waals surface area contributed by atoms with Crippen LogP contribution in [0.2, 0.25) is 0 Å². The fourth-order valence-corrected chi connectivity index (χ4v) is 1.73. The molecule has 4 heteroatoms. The van der Waals surface area contributed by atoms with Crippen molar-refractivity contribution in [2.75, 3.05) is 6.61 Å². The Bertz CT molecular complexity index is 418. The molecule has 0 N–H and O–H groups in total. The van der Waals surface area contributed by atoms with Gasteiger partial charge in [0.15, 0.2) is 5.78 Å². The van der Waals surface area contributed by atoms with Gasteiger partial charge in [0.05, 0.1) is 24.1 Å². The standard InChI is InChI=1S/C11H14N2O2/c1-8-10(6-13(2)12-8)11(14)9-4-3-5-15-7-9/h6-7H,3-5H2,1-2H3. The smallest absolute Gasteiger partial charge is 0.195 e. The molecule has 0 spiro atoms. The van der Waals surface area contributed by atoms with Gasteiger partial charge in [0.25, 0.3) is 0 Å². The first-order valence-electron chi connectivity index (χ1n) is 5.04. The molecule has 0 amide bonds. The highest BCUT2D eigenvalue weighted by atomic mass is 16.5. The van der Waals surface area contributed by atoms with E-state index in [0.717, 1.165) is 24.1 Å². The molecule has 0 atom stereocenters. The Labute approximate surface area is 88.5 Å². The van der Waals surface area contributed by atoms with Gasteiger partial charge in [-0.1, -0.05) is 0 Å². The zero-order chi connectivity index (χ0) is 10.8. The highest BCUT2D eigenvalue weighted by Crippen LogP contribution is 2.18. The molecule has 15 heavy (non-hydrogen) atoms. The third kappa shape index (κ3) is 1.93. The van der Waals surface area contributed by atoms with Gasteiger partial charge in [-0.05, 0) is 19.8 Å². The largest absolute Gasteiger partial charge is 0.501 e. The second-order valence-electron chi connectivity index (χ2n) is 3.75. The SMILES string of the molecule is Cc1nn(C)cc1C(=O)C1=COCCC1. The summed E-state index contributed by atoms with van der Waals surface area (Å²) in [5.41, 5.74) is 2.19. The Morgan fingerprint density at radius 1 is 1.60 bits per heavy atom. The van der Waals surface area contributed by atoms with Crippen molar-refractivity contribution >= 4 is 5.78 Å². The van der Waals surface area contributed by atoms with Crippen LogP contribution in [0.3, 0.4) is 0 Å². The van der Waals surface area contributed by atoms with Crippen LogP contribution in [0.1, 0.15) is 28.9 Å². The molecule has 2 rings (SSSR count). The summed E-state index contributed by atoms with van der Waals surface area (Å²) in [4.78, 5) is 12.0. The van der Waals surface area contributed by atoms with Crippen LogP contribution in [-0.2, 0) is 11.8 Å². The van der Waals surface area contributed by atoms with Crippen LogP contribution in [0.25, 0.3) is 0 Å². The summed E-state index contributed by atoms with van der Waals surface area (Å²) in [6.45, 7) is 2.56. The van der Waals surface area contributed by atoms with Gasteiger partial charge in [0.1, 0.15) is 0 Å². The normalized spacial score (nSPS) is 15.7. The zero-order valence-electron chi connectivity index (χ0n) is 8.99. The van der Waals surface area contributed by atoms with Gasteiger partial charge in [-0.2, -0.15) is 5.10 Å². The van der Waals surface area contributed by atoms with Crippen molar-refractivity contribution in [1.82, 2.24) is 9.78 Å². The molecule has 0 radical (unpaired) electrons. The Hall–Kier alpha value is -1.58. The fraction of sp³-hybridized carbons (Fsp3) is 0.455. The second kappa shape index (κ2) is 3.88. The Balaban J connectivity index is 2.27. The first kappa shape index (κ1) is 9.96. The minimum absolute atomic E-state index is 0.0419. The molecule has 1 aromatic heterocycles. The number of rotatable bonds is 2. The number of carbonyl (C=O) groups excluding carboxylic acids is 1. The van der Waals surface area contributed by atoms with Crippen molar-refractivity contribution < 1.29 is 9.53 Å². The number of carbonyl (C=O) groups is 1. The first-order valence-corrected chi connectivity index (χ1v) is 5.04. The maximum atomic E-state index is 12.0. The highest BCUT2D eigenvalue weighted by Gasteiger charge is 2.18. The van der Waals surface area contributed by atoms with E-state index >= 15 is 0 Å². The van der Waals surface area contributed by atoms with E-state index in [2.05, 4.69) is 5.10 Å². The third-order valence-electron chi connectivity index (χ3n) is 2.48. The molecule has 0 aliphatic carbocycles. The monoisotopic (exact) mass is 206 g/mol. The van der Waals surface area contributed by atoms with Crippen LogP contribution in [-0.4, -0.2) is 22.2 Å². The number of ketones is 1. The van der Waals surface area contributed by atoms with E-state index in [-0.39, 0.29) is 5.78 Å². The lowest BCUT2D eigenvalue weighted by atomic mass is 10.0. The molecule has 1 aliphatic heterocycles. The lowest BCUT2D eigenvalue weighted by molar-refractivity contribution is 0.101. The Kier molecular flexibility index (Phi) is 2.58. The van der Waals surface area contributed by atoms with E-state index in [0.29, 0.717) is 12.2 Å². The molecule has 0 unspecified atom stereocenters. The minimum atomic E-state index is 0.0419. The van der Waals surface area contributed by atoms with Crippen LogP contribution >= 0.6 is 0 Å². The zero-order valence-corrected chi connectivity index (χ0v) is 8.99. The quantitative estimate of drug-likeness (QED) is 0.690. The summed E-state index contributed by atoms with van der Waals surface area (Å²) in [6.07, 6.45) is 5.05. The average Bonchev–Trinajstić information content (AvgIpc) is 2.58. The van der Waals surface area contributed by atoms with Crippen LogP contribution in [0.4, 0.5) is 0 Å². The molecular formula is C11H14N2O2. The summed E-state index contributed by atoms with van der Waals surface area (Å²) in [5.74, 6) is 0.0419. The van der Waals surface area contributed by atoms with Gasteiger partial charge >= 0.3 is 0 Å². The molecule has 0 saturated carbocycles. The summed E-state index contributed by atoms with van der Waals surface area (Å²) >= 11 is 0. The lowest BCUT2D eigenvalue weighted by Gasteiger charge is -2.11. The molecule has 2 heterocycles. The van der Waals surface area contributed by atoms with Crippen molar-refractivity contribution in [2.24, 2.45) is 7.05 Å². The number of nitrogens with zero attached hydrogens (tertiary/aromatic N) is 2. The highest BCUT2D eigenvalue weighted by molar-refractivity contribution is 6.09. The summed E-state index contributed by atoms with van der Waals surface area (Å²) in [7, 11) is 1.82. The topological polar surface area (TPSA) is 44.1 Å². The van der Waals surface area contributed by atoms with Gasteiger partial charge in [-0.25, -0.2) is 0 Å². The van der Waals surface area contributed by atoms with Crippen molar-refractivity contribution in [2.45, 2.75) is 19.8 Å². The van der Waals surface area contributed by atoms with Crippen molar-refractivity contribution in [3.8, 4) is 0 Å². The molecule has 1 aromatic rings. The Morgan fingerprint density at radius 2 is 2.40 bits per heavy atom. The molecular weight excluding hydrogens is 192 g/mol. The lowest BCUT2D eigenvalue weighted by Crippen LogP contribution is -2.09. The van der Waals surface area contributed by atoms with E-state index in [4.69, 9.17) is 4.74 Å². The van der Waals surface area contributed by atoms with Gasteiger partial charge in [0, 0.05) is 18.8 Å². The van der Waals surface area contributed by atoms with Gasteiger partial charge in [0.2, 0.25) is 0 Å². The predicted octanol–water partition coefficient (Wildman–Crippen LogP) is 1.61. The number of hydrogen-bond acceptors (Lipinski definition) is 3. The van der Waals surface area contributed by atoms with Gasteiger partial charge < -0.3 is 4.74 Å². The number of Topliss-reactive ketones (excluding diaryl/α,β-unsaturated/α-hetero) is 1. The summed E-state index contributed by atoms with van der Waals surface area (Å²) in [6, 6.07) is 0. The number of allylic oxidation sites excluding steroid dienone is 1. The molecule has 0 bridgehead atoms. The number of aromatic nitrogens is 2. The minimum Gasteiger partial charge on any atom is -0.501 e. The van der Waals surface area contributed by atoms with Crippen LogP contribution in [0.15, 0.2) is 18.0 Å². The summed E-state index contributed by atoms with van der Waals surface area (Å²) in [5, 5.41) is 4.15. The maximum Gasteiger partial charge on any atom is 0.195 e. The molecule has 0 fully saturated rings. The van der Waals surface area contributed by atoms with Crippen molar-refractivity contribution in [3.05, 3.63) is 29.3 Å². The molecule has 4 nitrogen and oxygen atoms in total. The summed E-state index contributed by atoms with van der Waals surface area (Å²) < 4.78 is 6.82. The second-order valence-corrected chi connectivity index (χ2v) is 3.75. The molecule has 80 valence electrons. The number of ether oxygens (including phenoxy) is 1. The van der Waals surface area contributed by atoms with E-state index in [1.165, 1.54) is 0 Å². The van der Waals surface area contributed by atoms with Gasteiger partial charge in [-0.15, -0.1) is 0 Å². The van der Waals surface area contributed by atoms with Crippen molar-refractivity contribution in [1.29, 1.82) is 0 Å². The molecule has 0 saturated heterocycles. The van der Waals surface area contributed by atoms with Crippen LogP contribution in [0.5, 0.6) is 0 Å². The fourth-order valence-electron chi connectivity index (χ4n) is 1.73. The number of hydrogen-bond donors (Lipinski definition) is 0. The van der Waals surface area contributed by atoms with E-state index in [1.54, 1.807) is 17.1 Å². The average molecular weight is 206 g/mol. The predicted molar refractivity (Wildman–Crippen MR) is 55.5 cm³/mol. The van der Waals surface area contributed by atoms with E-state index in [9.17, 15) is 4.79 Å². The first-order chi connectivity index (χ1) is 7.18. The molecule has 1 aliphatic rings. The van der Waals surface area contributed by atoms with Gasteiger partial charge in [-0.3, -0.25) is 9.48 Å². The molecule has 0 aromatic carbocycles. The van der Waals surface area contributed by atoms with Crippen molar-refractivity contribution in [3.63, 3.8) is 0 Å². The van der Waals surface area contributed by atoms with Crippen LogP contribution < -0.4 is 0 Å². The number of aryl methyl sites for hydroxylation is 2. The van der Waals surface area contributed by atoms with E-state index in [1.807, 2.05) is 14.0 Å². The van der Waals surface area contributed by atoms with Crippen LogP contribution in [0, 0.1) is 6.92 Å². The third-order valence-corrected chi connectivity index (χ3v) is 2.48.